The van der Waals surface area contributed by atoms with E-state index in [2.05, 4.69) is 4.28 Å². The predicted octanol–water partition coefficient (Wildman–Crippen LogP) is 0.241. The Morgan fingerprint density at radius 3 is 1.88 bits per heavy atom. The topological polar surface area (TPSA) is 150 Å². The van der Waals surface area contributed by atoms with E-state index >= 15 is 0 Å². The lowest BCUT2D eigenvalue weighted by Crippen LogP contribution is -2.29. The average molecular weight is 406 g/mol. The van der Waals surface area contributed by atoms with Crippen molar-refractivity contribution in [2.75, 3.05) is 0 Å². The third-order valence-electron chi connectivity index (χ3n) is 3.01. The van der Waals surface area contributed by atoms with Gasteiger partial charge in [0.25, 0.3) is 10.0 Å². The maximum Gasteiger partial charge on any atom is 0.313 e. The molecule has 0 aliphatic heterocycles. The van der Waals surface area contributed by atoms with Gasteiger partial charge in [-0.05, 0) is 31.2 Å². The first-order chi connectivity index (χ1) is 11.4. The summed E-state index contributed by atoms with van der Waals surface area (Å²) in [5.74, 6) is 0. The Balaban J connectivity index is 2.33. The fraction of sp³-hybridized carbons (Fsp3) is 0.0769. The molecule has 12 heteroatoms. The summed E-state index contributed by atoms with van der Waals surface area (Å²) < 4.78 is 75.7. The van der Waals surface area contributed by atoms with Gasteiger partial charge in [-0.3, -0.25) is 0 Å². The first-order valence-electron chi connectivity index (χ1n) is 6.57. The smallest absolute Gasteiger partial charge is 0.225 e. The van der Waals surface area contributed by atoms with Crippen molar-refractivity contribution in [1.29, 1.82) is 0 Å². The molecular formula is C13H14N2O7S3. The summed E-state index contributed by atoms with van der Waals surface area (Å²) in [6, 6.07) is 9.90. The molecular weight excluding hydrogens is 392 g/mol. The van der Waals surface area contributed by atoms with E-state index in [1.165, 1.54) is 41.3 Å². The zero-order valence-electron chi connectivity index (χ0n) is 12.8. The molecule has 0 unspecified atom stereocenters. The highest BCUT2D eigenvalue weighted by molar-refractivity contribution is 7.93. The molecule has 0 amide bonds. The lowest BCUT2D eigenvalue weighted by molar-refractivity contribution is 0.273. The van der Waals surface area contributed by atoms with Gasteiger partial charge in [0.1, 0.15) is 9.79 Å². The van der Waals surface area contributed by atoms with E-state index in [0.717, 1.165) is 17.7 Å². The standard InChI is InChI=1S/C13H14N2O7S3/c1-10-6-8-11(9-7-10)25(20,21)22-15-24(18,19)13-5-3-2-4-12(13)23(14,16)17/h2-9,15H,1H3,(H2,14,16,17). The van der Waals surface area contributed by atoms with Gasteiger partial charge in [-0.2, -0.15) is 12.7 Å². The Labute approximate surface area is 145 Å². The van der Waals surface area contributed by atoms with E-state index in [1.807, 2.05) is 0 Å². The zero-order valence-corrected chi connectivity index (χ0v) is 15.2. The summed E-state index contributed by atoms with van der Waals surface area (Å²) in [7, 11) is -13.4. The van der Waals surface area contributed by atoms with Crippen molar-refractivity contribution in [3.63, 3.8) is 0 Å². The SMILES string of the molecule is Cc1ccc(S(=O)(=O)ONS(=O)(=O)c2ccccc2S(N)(=O)=O)cc1. The van der Waals surface area contributed by atoms with E-state index < -0.39 is 40.0 Å². The van der Waals surface area contributed by atoms with Crippen LogP contribution in [0.1, 0.15) is 5.56 Å². The molecule has 0 spiro atoms. The van der Waals surface area contributed by atoms with Crippen LogP contribution in [0.3, 0.4) is 0 Å². The highest BCUT2D eigenvalue weighted by atomic mass is 32.2. The molecule has 0 heterocycles. The van der Waals surface area contributed by atoms with E-state index in [0.29, 0.717) is 0 Å². The van der Waals surface area contributed by atoms with Gasteiger partial charge in [0.15, 0.2) is 0 Å². The Kier molecular flexibility index (Phi) is 5.32. The summed E-state index contributed by atoms with van der Waals surface area (Å²) in [6.45, 7) is 1.74. The maximum absolute atomic E-state index is 12.2. The predicted molar refractivity (Wildman–Crippen MR) is 87.6 cm³/mol. The highest BCUT2D eigenvalue weighted by Gasteiger charge is 2.27. The van der Waals surface area contributed by atoms with Gasteiger partial charge in [0.05, 0.1) is 4.90 Å². The van der Waals surface area contributed by atoms with Crippen LogP contribution in [0.15, 0.2) is 63.2 Å². The van der Waals surface area contributed by atoms with Gasteiger partial charge in [0.2, 0.25) is 10.0 Å². The molecule has 2 rings (SSSR count). The molecule has 2 aromatic carbocycles. The summed E-state index contributed by atoms with van der Waals surface area (Å²) in [6.07, 6.45) is 0. The number of nitrogens with one attached hydrogen (secondary N) is 1. The van der Waals surface area contributed by atoms with Crippen LogP contribution in [-0.4, -0.2) is 25.3 Å². The Morgan fingerprint density at radius 2 is 1.36 bits per heavy atom. The number of benzene rings is 2. The Hall–Kier alpha value is -1.83. The quantitative estimate of drug-likeness (QED) is 0.652. The summed E-state index contributed by atoms with van der Waals surface area (Å²) in [5, 5.41) is 4.96. The molecule has 136 valence electrons. The second-order valence-corrected chi connectivity index (χ2v) is 9.62. The molecule has 0 fully saturated rings. The number of primary sulfonamides is 1. The van der Waals surface area contributed by atoms with Gasteiger partial charge >= 0.3 is 10.1 Å². The third-order valence-corrected chi connectivity index (χ3v) is 6.60. The van der Waals surface area contributed by atoms with Crippen LogP contribution >= 0.6 is 0 Å². The first-order valence-corrected chi connectivity index (χ1v) is 11.0. The van der Waals surface area contributed by atoms with E-state index in [4.69, 9.17) is 5.14 Å². The van der Waals surface area contributed by atoms with Crippen LogP contribution in [-0.2, 0) is 34.4 Å². The molecule has 0 saturated carbocycles. The van der Waals surface area contributed by atoms with Crippen LogP contribution in [0.2, 0.25) is 0 Å². The Morgan fingerprint density at radius 1 is 0.840 bits per heavy atom. The van der Waals surface area contributed by atoms with Crippen molar-refractivity contribution in [2.24, 2.45) is 5.14 Å². The summed E-state index contributed by atoms with van der Waals surface area (Å²) >= 11 is 0. The van der Waals surface area contributed by atoms with Gasteiger partial charge < -0.3 is 0 Å². The lowest BCUT2D eigenvalue weighted by Gasteiger charge is -2.10. The summed E-state index contributed by atoms with van der Waals surface area (Å²) in [5.41, 5.74) is 0.793. The second kappa shape index (κ2) is 6.82. The monoisotopic (exact) mass is 406 g/mol. The van der Waals surface area contributed by atoms with Gasteiger partial charge in [-0.15, -0.1) is 0 Å². The number of hydrogen-bond acceptors (Lipinski definition) is 7. The van der Waals surface area contributed by atoms with Gasteiger partial charge in [-0.25, -0.2) is 22.0 Å². The van der Waals surface area contributed by atoms with E-state index in [-0.39, 0.29) is 4.90 Å². The highest BCUT2D eigenvalue weighted by Crippen LogP contribution is 2.20. The Bertz CT molecular complexity index is 1090. The van der Waals surface area contributed by atoms with Crippen LogP contribution in [0, 0.1) is 6.92 Å². The van der Waals surface area contributed by atoms with Crippen LogP contribution in [0.4, 0.5) is 0 Å². The molecule has 3 N–H and O–H groups in total. The first kappa shape index (κ1) is 19.5. The maximum atomic E-state index is 12.2. The number of rotatable bonds is 6. The number of sulfonamides is 2. The second-order valence-electron chi connectivity index (χ2n) is 4.93. The molecule has 0 aliphatic rings. The van der Waals surface area contributed by atoms with Crippen molar-refractivity contribution in [2.45, 2.75) is 21.6 Å². The molecule has 2 aromatic rings. The van der Waals surface area contributed by atoms with Crippen molar-refractivity contribution in [3.05, 3.63) is 54.1 Å². The average Bonchev–Trinajstić information content (AvgIpc) is 2.53. The number of nitrogens with two attached hydrogens (primary N) is 1. The van der Waals surface area contributed by atoms with Gasteiger partial charge in [-0.1, -0.05) is 34.7 Å². The van der Waals surface area contributed by atoms with Gasteiger partial charge in [0, 0.05) is 0 Å². The molecule has 0 radical (unpaired) electrons. The minimum Gasteiger partial charge on any atom is -0.225 e. The minimum absolute atomic E-state index is 0.277. The fourth-order valence-corrected chi connectivity index (χ4v) is 5.05. The van der Waals surface area contributed by atoms with Crippen molar-refractivity contribution in [3.8, 4) is 0 Å². The molecule has 25 heavy (non-hydrogen) atoms. The number of aryl methyl sites for hydroxylation is 1. The van der Waals surface area contributed by atoms with Crippen molar-refractivity contribution >= 4 is 30.2 Å². The molecule has 0 saturated heterocycles. The third kappa shape index (κ3) is 4.62. The van der Waals surface area contributed by atoms with Crippen LogP contribution in [0.5, 0.6) is 0 Å². The lowest BCUT2D eigenvalue weighted by atomic mass is 10.2. The van der Waals surface area contributed by atoms with Crippen molar-refractivity contribution < 1.29 is 29.5 Å². The van der Waals surface area contributed by atoms with E-state index in [9.17, 15) is 25.3 Å². The van der Waals surface area contributed by atoms with E-state index in [1.54, 1.807) is 6.92 Å². The molecule has 0 aromatic heterocycles. The van der Waals surface area contributed by atoms with Crippen LogP contribution < -0.4 is 10.0 Å². The normalized spacial score (nSPS) is 12.9. The summed E-state index contributed by atoms with van der Waals surface area (Å²) in [4.78, 5) is -0.307. The zero-order chi connectivity index (χ0) is 18.9. The molecule has 0 atom stereocenters. The molecule has 9 nitrogen and oxygen atoms in total. The van der Waals surface area contributed by atoms with Crippen LogP contribution in [0.25, 0.3) is 0 Å². The van der Waals surface area contributed by atoms with Crippen molar-refractivity contribution in [1.82, 2.24) is 4.89 Å². The molecule has 0 bridgehead atoms. The minimum atomic E-state index is -4.63. The number of hydrogen-bond donors (Lipinski definition) is 2. The largest absolute Gasteiger partial charge is 0.313 e. The fourth-order valence-electron chi connectivity index (χ4n) is 1.79. The molecule has 0 aliphatic carbocycles.